The predicted molar refractivity (Wildman–Crippen MR) is 94.2 cm³/mol. The Labute approximate surface area is 144 Å². The number of carbonyl (C=O) groups excluding carboxylic acids is 1. The fraction of sp³-hybridized carbons (Fsp3) is 0.857. The van der Waals surface area contributed by atoms with Crippen molar-refractivity contribution < 1.29 is 9.53 Å². The molecular formula is C14H27IN4O2. The highest BCUT2D eigenvalue weighted by Crippen LogP contribution is 2.12. The Bertz CT molecular complexity index is 351. The number of halogens is 1. The molecule has 7 heteroatoms. The van der Waals surface area contributed by atoms with Gasteiger partial charge in [0.2, 0.25) is 5.91 Å². The number of guanidine groups is 1. The largest absolute Gasteiger partial charge is 0.376 e. The number of nitrogens with zero attached hydrogens (tertiary/aromatic N) is 3. The summed E-state index contributed by atoms with van der Waals surface area (Å²) in [7, 11) is 3.51. The number of rotatable bonds is 4. The number of carbonyl (C=O) groups is 1. The highest BCUT2D eigenvalue weighted by molar-refractivity contribution is 14.0. The predicted octanol–water partition coefficient (Wildman–Crippen LogP) is 0.913. The summed E-state index contributed by atoms with van der Waals surface area (Å²) in [6.45, 7) is 3.89. The molecule has 1 unspecified atom stereocenters. The van der Waals surface area contributed by atoms with Crippen LogP contribution in [0.25, 0.3) is 0 Å². The van der Waals surface area contributed by atoms with Gasteiger partial charge in [-0.3, -0.25) is 4.79 Å². The second kappa shape index (κ2) is 9.45. The maximum absolute atomic E-state index is 11.7. The van der Waals surface area contributed by atoms with Gasteiger partial charge in [0.05, 0.1) is 6.10 Å². The van der Waals surface area contributed by atoms with Gasteiger partial charge in [-0.2, -0.15) is 0 Å². The minimum atomic E-state index is 0. The summed E-state index contributed by atoms with van der Waals surface area (Å²) in [6, 6.07) is 0. The van der Waals surface area contributed by atoms with Gasteiger partial charge in [-0.25, -0.2) is 4.99 Å². The zero-order valence-corrected chi connectivity index (χ0v) is 15.3. The van der Waals surface area contributed by atoms with Crippen LogP contribution < -0.4 is 5.32 Å². The molecular weight excluding hydrogens is 383 g/mol. The molecule has 2 saturated heterocycles. The minimum absolute atomic E-state index is 0. The molecule has 122 valence electrons. The van der Waals surface area contributed by atoms with E-state index in [1.54, 1.807) is 19.0 Å². The van der Waals surface area contributed by atoms with Gasteiger partial charge in [0.25, 0.3) is 0 Å². The summed E-state index contributed by atoms with van der Waals surface area (Å²) in [5.41, 5.74) is 0. The van der Waals surface area contributed by atoms with Crippen LogP contribution in [0, 0.1) is 0 Å². The Hall–Kier alpha value is -0.570. The zero-order valence-electron chi connectivity index (χ0n) is 13.0. The second-order valence-corrected chi connectivity index (χ2v) is 5.64. The van der Waals surface area contributed by atoms with Gasteiger partial charge in [0.15, 0.2) is 5.96 Å². The molecule has 0 radical (unpaired) electrons. The molecule has 21 heavy (non-hydrogen) atoms. The summed E-state index contributed by atoms with van der Waals surface area (Å²) in [5.74, 6) is 0.883. The number of hydrogen-bond donors (Lipinski definition) is 1. The maximum Gasteiger partial charge on any atom is 0.243 e. The topological polar surface area (TPSA) is 57.2 Å². The average molecular weight is 410 g/mol. The normalized spacial score (nSPS) is 22.1. The summed E-state index contributed by atoms with van der Waals surface area (Å²) in [4.78, 5) is 20.0. The van der Waals surface area contributed by atoms with Crippen molar-refractivity contribution in [3.63, 3.8) is 0 Å². The molecule has 0 aliphatic carbocycles. The third-order valence-electron chi connectivity index (χ3n) is 3.78. The highest BCUT2D eigenvalue weighted by Gasteiger charge is 2.20. The van der Waals surface area contributed by atoms with Crippen molar-refractivity contribution in [3.05, 3.63) is 0 Å². The molecule has 2 fully saturated rings. The van der Waals surface area contributed by atoms with E-state index >= 15 is 0 Å². The lowest BCUT2D eigenvalue weighted by Gasteiger charge is -2.23. The third kappa shape index (κ3) is 5.98. The molecule has 1 N–H and O–H groups in total. The monoisotopic (exact) mass is 410 g/mol. The Morgan fingerprint density at radius 1 is 1.33 bits per heavy atom. The Morgan fingerprint density at radius 3 is 2.62 bits per heavy atom. The molecule has 0 aromatic rings. The van der Waals surface area contributed by atoms with Gasteiger partial charge in [-0.15, -0.1) is 24.0 Å². The second-order valence-electron chi connectivity index (χ2n) is 5.64. The summed E-state index contributed by atoms with van der Waals surface area (Å²) in [5, 5.41) is 3.38. The fourth-order valence-corrected chi connectivity index (χ4v) is 2.49. The summed E-state index contributed by atoms with van der Waals surface area (Å²) in [6.07, 6.45) is 4.93. The molecule has 0 aromatic heterocycles. The van der Waals surface area contributed by atoms with Crippen molar-refractivity contribution in [2.75, 3.05) is 46.9 Å². The van der Waals surface area contributed by atoms with Crippen LogP contribution in [0.2, 0.25) is 0 Å². The lowest BCUT2D eigenvalue weighted by molar-refractivity contribution is -0.127. The third-order valence-corrected chi connectivity index (χ3v) is 3.78. The van der Waals surface area contributed by atoms with Gasteiger partial charge in [-0.1, -0.05) is 0 Å². The average Bonchev–Trinajstić information content (AvgIpc) is 3.11. The van der Waals surface area contributed by atoms with Crippen LogP contribution in [0.15, 0.2) is 4.99 Å². The van der Waals surface area contributed by atoms with E-state index in [9.17, 15) is 4.79 Å². The van der Waals surface area contributed by atoms with Crippen molar-refractivity contribution in [1.82, 2.24) is 15.1 Å². The quantitative estimate of drug-likeness (QED) is 0.426. The molecule has 6 nitrogen and oxygen atoms in total. The SMILES string of the molecule is CN(C)C(=O)CN=C(NCC1CCCO1)N1CCCC1.I. The van der Waals surface area contributed by atoms with Gasteiger partial charge in [0.1, 0.15) is 6.54 Å². The molecule has 2 aliphatic heterocycles. The molecule has 0 spiro atoms. The minimum Gasteiger partial charge on any atom is -0.376 e. The Morgan fingerprint density at radius 2 is 2.05 bits per heavy atom. The van der Waals surface area contributed by atoms with E-state index in [1.807, 2.05) is 0 Å². The molecule has 2 heterocycles. The first-order valence-corrected chi connectivity index (χ1v) is 7.52. The van der Waals surface area contributed by atoms with Gasteiger partial charge < -0.3 is 19.9 Å². The smallest absolute Gasteiger partial charge is 0.243 e. The number of nitrogens with one attached hydrogen (secondary N) is 1. The van der Waals surface area contributed by atoms with Crippen LogP contribution >= 0.6 is 24.0 Å². The Balaban J connectivity index is 0.00000220. The summed E-state index contributed by atoms with van der Waals surface area (Å²) < 4.78 is 5.62. The molecule has 1 amide bonds. The molecule has 1 atom stereocenters. The molecule has 2 aliphatic rings. The van der Waals surface area contributed by atoms with Crippen molar-refractivity contribution in [2.24, 2.45) is 4.99 Å². The number of likely N-dealkylation sites (tertiary alicyclic amines) is 1. The molecule has 2 rings (SSSR count). The van der Waals surface area contributed by atoms with E-state index in [0.29, 0.717) is 0 Å². The van der Waals surface area contributed by atoms with Crippen LogP contribution in [-0.4, -0.2) is 74.7 Å². The number of hydrogen-bond acceptors (Lipinski definition) is 3. The fourth-order valence-electron chi connectivity index (χ4n) is 2.49. The van der Waals surface area contributed by atoms with E-state index in [-0.39, 0.29) is 42.5 Å². The number of ether oxygens (including phenoxy) is 1. The van der Waals surface area contributed by atoms with Crippen LogP contribution in [-0.2, 0) is 9.53 Å². The van der Waals surface area contributed by atoms with Crippen LogP contribution in [0.3, 0.4) is 0 Å². The van der Waals surface area contributed by atoms with E-state index in [4.69, 9.17) is 4.74 Å². The number of aliphatic imine (C=N–C) groups is 1. The van der Waals surface area contributed by atoms with E-state index < -0.39 is 0 Å². The van der Waals surface area contributed by atoms with E-state index in [0.717, 1.165) is 45.0 Å². The van der Waals surface area contributed by atoms with Crippen molar-refractivity contribution in [3.8, 4) is 0 Å². The number of amides is 1. The molecule has 0 saturated carbocycles. The lowest BCUT2D eigenvalue weighted by Crippen LogP contribution is -2.43. The molecule has 0 aromatic carbocycles. The first-order chi connectivity index (χ1) is 9.66. The van der Waals surface area contributed by atoms with Crippen molar-refractivity contribution >= 4 is 35.8 Å². The maximum atomic E-state index is 11.7. The van der Waals surface area contributed by atoms with Crippen molar-refractivity contribution in [2.45, 2.75) is 31.8 Å². The van der Waals surface area contributed by atoms with Crippen LogP contribution in [0.4, 0.5) is 0 Å². The molecule has 0 bridgehead atoms. The lowest BCUT2D eigenvalue weighted by atomic mass is 10.2. The standard InChI is InChI=1S/C14H26N4O2.HI/c1-17(2)13(19)11-16-14(18-7-3-4-8-18)15-10-12-6-5-9-20-12;/h12H,3-11H2,1-2H3,(H,15,16);1H. The summed E-state index contributed by atoms with van der Waals surface area (Å²) >= 11 is 0. The van der Waals surface area contributed by atoms with Crippen molar-refractivity contribution in [1.29, 1.82) is 0 Å². The highest BCUT2D eigenvalue weighted by atomic mass is 127. The van der Waals surface area contributed by atoms with Crippen LogP contribution in [0.5, 0.6) is 0 Å². The first-order valence-electron chi connectivity index (χ1n) is 7.52. The Kier molecular flexibility index (Phi) is 8.31. The zero-order chi connectivity index (χ0) is 14.4. The van der Waals surface area contributed by atoms with Gasteiger partial charge >= 0.3 is 0 Å². The first kappa shape index (κ1) is 18.5. The van der Waals surface area contributed by atoms with E-state index in [1.165, 1.54) is 12.8 Å². The van der Waals surface area contributed by atoms with Crippen LogP contribution in [0.1, 0.15) is 25.7 Å². The van der Waals surface area contributed by atoms with E-state index in [2.05, 4.69) is 15.2 Å². The number of likely N-dealkylation sites (N-methyl/N-ethyl adjacent to an activating group) is 1. The van der Waals surface area contributed by atoms with Gasteiger partial charge in [0, 0.05) is 40.3 Å². The van der Waals surface area contributed by atoms with Gasteiger partial charge in [-0.05, 0) is 25.7 Å².